The fraction of sp³-hybridized carbons (Fsp3) is 0.833. The van der Waals surface area contributed by atoms with E-state index < -0.39 is 12.2 Å². The first kappa shape index (κ1) is 7.50. The fourth-order valence-corrected chi connectivity index (χ4v) is 1.03. The minimum absolute atomic E-state index is 0.101. The summed E-state index contributed by atoms with van der Waals surface area (Å²) < 4.78 is 0. The van der Waals surface area contributed by atoms with Crippen molar-refractivity contribution in [3.63, 3.8) is 0 Å². The Labute approximate surface area is 59.1 Å². The molecule has 0 radical (unpaired) electrons. The van der Waals surface area contributed by atoms with Gasteiger partial charge >= 0.3 is 0 Å². The Hall–Kier alpha value is -0.610. The number of likely N-dealkylation sites (tertiary alicyclic amines) is 1. The molecule has 0 aromatic heterocycles. The maximum atomic E-state index is 10.6. The molecule has 4 heteroatoms. The maximum Gasteiger partial charge on any atom is 0.219 e. The highest BCUT2D eigenvalue weighted by Crippen LogP contribution is 2.08. The standard InChI is InChI=1S/C6H11NO3/c1-4(8)7-2-5(9)6(10)3-7/h5-6,9-10H,2-3H2,1H3/t5-,6+. The molecule has 0 aromatic rings. The predicted octanol–water partition coefficient (Wildman–Crippen LogP) is -1.43. The summed E-state index contributed by atoms with van der Waals surface area (Å²) in [5.74, 6) is -0.101. The number of hydrogen-bond donors (Lipinski definition) is 2. The number of aliphatic hydroxyl groups excluding tert-OH is 2. The van der Waals surface area contributed by atoms with Gasteiger partial charge in [-0.3, -0.25) is 4.79 Å². The van der Waals surface area contributed by atoms with Gasteiger partial charge in [-0.05, 0) is 0 Å². The lowest BCUT2D eigenvalue weighted by Gasteiger charge is -2.10. The first-order valence-electron chi connectivity index (χ1n) is 3.23. The van der Waals surface area contributed by atoms with Crippen molar-refractivity contribution in [2.24, 2.45) is 0 Å². The molecular weight excluding hydrogens is 134 g/mol. The van der Waals surface area contributed by atoms with E-state index in [4.69, 9.17) is 10.2 Å². The van der Waals surface area contributed by atoms with Gasteiger partial charge in [0, 0.05) is 20.0 Å². The normalized spacial score (nSPS) is 32.9. The van der Waals surface area contributed by atoms with Crippen LogP contribution in [0.5, 0.6) is 0 Å². The minimum Gasteiger partial charge on any atom is -0.388 e. The van der Waals surface area contributed by atoms with Crippen molar-refractivity contribution in [1.29, 1.82) is 0 Å². The van der Waals surface area contributed by atoms with Crippen LogP contribution in [0.1, 0.15) is 6.92 Å². The van der Waals surface area contributed by atoms with Crippen molar-refractivity contribution in [1.82, 2.24) is 4.90 Å². The molecule has 58 valence electrons. The van der Waals surface area contributed by atoms with Crippen LogP contribution < -0.4 is 0 Å². The Morgan fingerprint density at radius 2 is 1.80 bits per heavy atom. The summed E-state index contributed by atoms with van der Waals surface area (Å²) in [4.78, 5) is 12.1. The second-order valence-electron chi connectivity index (χ2n) is 2.56. The summed E-state index contributed by atoms with van der Waals surface area (Å²) in [6, 6.07) is 0. The molecule has 0 saturated carbocycles. The molecule has 1 aliphatic heterocycles. The second-order valence-corrected chi connectivity index (χ2v) is 2.56. The number of aliphatic hydroxyl groups is 2. The van der Waals surface area contributed by atoms with Gasteiger partial charge < -0.3 is 15.1 Å². The minimum atomic E-state index is -0.760. The molecule has 0 unspecified atom stereocenters. The molecule has 2 atom stereocenters. The Bertz CT molecular complexity index is 138. The molecule has 1 aliphatic rings. The van der Waals surface area contributed by atoms with E-state index in [0.29, 0.717) is 0 Å². The summed E-state index contributed by atoms with van der Waals surface area (Å²) in [5, 5.41) is 17.9. The van der Waals surface area contributed by atoms with Crippen LogP contribution in [-0.2, 0) is 4.79 Å². The van der Waals surface area contributed by atoms with Gasteiger partial charge in [-0.2, -0.15) is 0 Å². The molecule has 1 fully saturated rings. The predicted molar refractivity (Wildman–Crippen MR) is 34.3 cm³/mol. The molecule has 1 rings (SSSR count). The lowest BCUT2D eigenvalue weighted by atomic mass is 10.3. The first-order chi connectivity index (χ1) is 4.61. The number of hydrogen-bond acceptors (Lipinski definition) is 3. The second kappa shape index (κ2) is 2.56. The molecule has 1 amide bonds. The molecule has 2 N–H and O–H groups in total. The van der Waals surface area contributed by atoms with Gasteiger partial charge in [-0.25, -0.2) is 0 Å². The van der Waals surface area contributed by atoms with Crippen LogP contribution in [0.2, 0.25) is 0 Å². The Balaban J connectivity index is 2.49. The molecule has 4 nitrogen and oxygen atoms in total. The van der Waals surface area contributed by atoms with Gasteiger partial charge in [0.25, 0.3) is 0 Å². The number of β-amino-alcohol motifs (C(OH)–C–C–N with tert-alkyl or cyclic N) is 2. The molecule has 0 aliphatic carbocycles. The van der Waals surface area contributed by atoms with Crippen LogP contribution in [0.15, 0.2) is 0 Å². The number of rotatable bonds is 0. The lowest BCUT2D eigenvalue weighted by Crippen LogP contribution is -2.26. The maximum absolute atomic E-state index is 10.6. The van der Waals surface area contributed by atoms with E-state index >= 15 is 0 Å². The quantitative estimate of drug-likeness (QED) is 0.439. The van der Waals surface area contributed by atoms with E-state index in [1.807, 2.05) is 0 Å². The highest BCUT2D eigenvalue weighted by atomic mass is 16.3. The van der Waals surface area contributed by atoms with Crippen LogP contribution in [0.25, 0.3) is 0 Å². The summed E-state index contributed by atoms with van der Waals surface area (Å²) in [5.41, 5.74) is 0. The zero-order chi connectivity index (χ0) is 7.72. The van der Waals surface area contributed by atoms with Gasteiger partial charge in [0.05, 0.1) is 12.2 Å². The number of carbonyl (C=O) groups excluding carboxylic acids is 1. The SMILES string of the molecule is CC(=O)N1C[C@@H](O)[C@@H](O)C1. The van der Waals surface area contributed by atoms with E-state index in [-0.39, 0.29) is 19.0 Å². The van der Waals surface area contributed by atoms with Crippen LogP contribution in [0.3, 0.4) is 0 Å². The molecule has 0 aromatic carbocycles. The summed E-state index contributed by atoms with van der Waals surface area (Å²) in [7, 11) is 0. The zero-order valence-corrected chi connectivity index (χ0v) is 5.82. The van der Waals surface area contributed by atoms with Crippen molar-refractivity contribution in [3.8, 4) is 0 Å². The van der Waals surface area contributed by atoms with Crippen molar-refractivity contribution >= 4 is 5.91 Å². The first-order valence-corrected chi connectivity index (χ1v) is 3.23. The van der Waals surface area contributed by atoms with E-state index in [9.17, 15) is 4.79 Å². The number of carbonyl (C=O) groups is 1. The average molecular weight is 145 g/mol. The lowest BCUT2D eigenvalue weighted by molar-refractivity contribution is -0.128. The largest absolute Gasteiger partial charge is 0.388 e. The Morgan fingerprint density at radius 1 is 1.40 bits per heavy atom. The van der Waals surface area contributed by atoms with Crippen LogP contribution in [0.4, 0.5) is 0 Å². The molecule has 1 heterocycles. The van der Waals surface area contributed by atoms with Gasteiger partial charge in [0.1, 0.15) is 0 Å². The monoisotopic (exact) mass is 145 g/mol. The number of nitrogens with zero attached hydrogens (tertiary/aromatic N) is 1. The van der Waals surface area contributed by atoms with Crippen LogP contribution >= 0.6 is 0 Å². The van der Waals surface area contributed by atoms with Gasteiger partial charge in [-0.15, -0.1) is 0 Å². The highest BCUT2D eigenvalue weighted by Gasteiger charge is 2.30. The van der Waals surface area contributed by atoms with E-state index in [1.165, 1.54) is 11.8 Å². The zero-order valence-electron chi connectivity index (χ0n) is 5.82. The van der Waals surface area contributed by atoms with Crippen molar-refractivity contribution in [3.05, 3.63) is 0 Å². The van der Waals surface area contributed by atoms with E-state index in [1.54, 1.807) is 0 Å². The van der Waals surface area contributed by atoms with Crippen molar-refractivity contribution < 1.29 is 15.0 Å². The third-order valence-corrected chi connectivity index (χ3v) is 1.70. The van der Waals surface area contributed by atoms with Gasteiger partial charge in [-0.1, -0.05) is 0 Å². The van der Waals surface area contributed by atoms with Gasteiger partial charge in [0.15, 0.2) is 0 Å². The van der Waals surface area contributed by atoms with Crippen LogP contribution in [-0.4, -0.2) is 46.3 Å². The molecule has 10 heavy (non-hydrogen) atoms. The summed E-state index contributed by atoms with van der Waals surface area (Å²) in [6.07, 6.45) is -1.52. The van der Waals surface area contributed by atoms with Gasteiger partial charge in [0.2, 0.25) is 5.91 Å². The van der Waals surface area contributed by atoms with Crippen molar-refractivity contribution in [2.75, 3.05) is 13.1 Å². The molecular formula is C6H11NO3. The smallest absolute Gasteiger partial charge is 0.219 e. The molecule has 0 spiro atoms. The third kappa shape index (κ3) is 1.27. The Kier molecular flexibility index (Phi) is 1.92. The Morgan fingerprint density at radius 3 is 2.00 bits per heavy atom. The topological polar surface area (TPSA) is 60.8 Å². The van der Waals surface area contributed by atoms with Crippen LogP contribution in [0, 0.1) is 0 Å². The molecule has 0 bridgehead atoms. The highest BCUT2D eigenvalue weighted by molar-refractivity contribution is 5.73. The van der Waals surface area contributed by atoms with E-state index in [0.717, 1.165) is 0 Å². The van der Waals surface area contributed by atoms with E-state index in [2.05, 4.69) is 0 Å². The summed E-state index contributed by atoms with van der Waals surface area (Å²) >= 11 is 0. The summed E-state index contributed by atoms with van der Waals surface area (Å²) in [6.45, 7) is 1.94. The third-order valence-electron chi connectivity index (χ3n) is 1.70. The molecule has 1 saturated heterocycles. The number of amides is 1. The van der Waals surface area contributed by atoms with Crippen molar-refractivity contribution in [2.45, 2.75) is 19.1 Å². The average Bonchev–Trinajstić information content (AvgIpc) is 2.13. The fourth-order valence-electron chi connectivity index (χ4n) is 1.03.